The number of carbonyl (C=O) groups is 1. The van der Waals surface area contributed by atoms with Crippen LogP contribution in [0, 0.1) is 11.3 Å². The summed E-state index contributed by atoms with van der Waals surface area (Å²) in [5.74, 6) is 0. The number of nitriles is 1. The van der Waals surface area contributed by atoms with Crippen LogP contribution in [-0.2, 0) is 18.2 Å². The monoisotopic (exact) mass is 404 g/mol. The van der Waals surface area contributed by atoms with Gasteiger partial charge in [0.15, 0.2) is 0 Å². The van der Waals surface area contributed by atoms with E-state index in [-0.39, 0.29) is 12.2 Å². The topological polar surface area (TPSA) is 87.3 Å². The summed E-state index contributed by atoms with van der Waals surface area (Å²) in [5, 5.41) is 9.94. The van der Waals surface area contributed by atoms with E-state index >= 15 is 0 Å². The van der Waals surface area contributed by atoms with E-state index in [4.69, 9.17) is 4.74 Å². The SMILES string of the molecule is Cn1cnc(C2=C(C#N)c3c(N4CCN(C(=O)OC5CCC5)CC4)ccnc3C2)c1. The molecule has 8 heteroatoms. The lowest BCUT2D eigenvalue weighted by atomic mass is 9.96. The first kappa shape index (κ1) is 18.7. The number of amides is 1. The molecule has 3 aliphatic rings. The van der Waals surface area contributed by atoms with Crippen LogP contribution in [-0.4, -0.2) is 57.8 Å². The van der Waals surface area contributed by atoms with Crippen LogP contribution in [0.25, 0.3) is 11.1 Å². The smallest absolute Gasteiger partial charge is 0.410 e. The molecule has 0 atom stereocenters. The average Bonchev–Trinajstić information content (AvgIpc) is 3.33. The van der Waals surface area contributed by atoms with Gasteiger partial charge in [0, 0.05) is 68.9 Å². The Bertz CT molecular complexity index is 1050. The van der Waals surface area contributed by atoms with Crippen LogP contribution in [0.2, 0.25) is 0 Å². The van der Waals surface area contributed by atoms with Crippen molar-refractivity contribution in [3.05, 3.63) is 41.7 Å². The number of aryl methyl sites for hydroxylation is 1. The Balaban J connectivity index is 1.36. The van der Waals surface area contributed by atoms with Gasteiger partial charge in [-0.15, -0.1) is 0 Å². The molecule has 2 aliphatic carbocycles. The lowest BCUT2D eigenvalue weighted by molar-refractivity contribution is 0.0259. The minimum atomic E-state index is -0.200. The quantitative estimate of drug-likeness (QED) is 0.782. The number of allylic oxidation sites excluding steroid dienone is 2. The third kappa shape index (κ3) is 3.20. The Morgan fingerprint density at radius 2 is 2.03 bits per heavy atom. The maximum Gasteiger partial charge on any atom is 0.410 e. The van der Waals surface area contributed by atoms with Crippen molar-refractivity contribution in [1.82, 2.24) is 19.4 Å². The summed E-state index contributed by atoms with van der Waals surface area (Å²) in [5.41, 5.74) is 5.23. The number of carbonyl (C=O) groups excluding carboxylic acids is 1. The van der Waals surface area contributed by atoms with Crippen LogP contribution in [0.4, 0.5) is 10.5 Å². The molecule has 0 bridgehead atoms. The summed E-state index contributed by atoms with van der Waals surface area (Å²) in [7, 11) is 1.92. The molecular formula is C22H24N6O2. The van der Waals surface area contributed by atoms with Gasteiger partial charge in [-0.05, 0) is 25.3 Å². The fraction of sp³-hybridized carbons (Fsp3) is 0.455. The number of rotatable bonds is 3. The van der Waals surface area contributed by atoms with E-state index in [1.54, 1.807) is 11.2 Å². The Kier molecular flexibility index (Phi) is 4.66. The van der Waals surface area contributed by atoms with Gasteiger partial charge in [-0.1, -0.05) is 0 Å². The molecule has 1 amide bonds. The number of hydrogen-bond donors (Lipinski definition) is 0. The van der Waals surface area contributed by atoms with E-state index in [0.717, 1.165) is 47.5 Å². The zero-order valence-electron chi connectivity index (χ0n) is 17.0. The first-order valence-electron chi connectivity index (χ1n) is 10.4. The van der Waals surface area contributed by atoms with Gasteiger partial charge in [0.1, 0.15) is 12.2 Å². The molecule has 5 rings (SSSR count). The van der Waals surface area contributed by atoms with Gasteiger partial charge in [-0.25, -0.2) is 9.78 Å². The summed E-state index contributed by atoms with van der Waals surface area (Å²) < 4.78 is 7.42. The van der Waals surface area contributed by atoms with E-state index in [9.17, 15) is 10.1 Å². The number of nitrogens with zero attached hydrogens (tertiary/aromatic N) is 6. The van der Waals surface area contributed by atoms with Gasteiger partial charge < -0.3 is 19.1 Å². The highest BCUT2D eigenvalue weighted by Crippen LogP contribution is 2.41. The summed E-state index contributed by atoms with van der Waals surface area (Å²) in [6.07, 6.45) is 9.11. The highest BCUT2D eigenvalue weighted by Gasteiger charge is 2.32. The number of anilines is 1. The summed E-state index contributed by atoms with van der Waals surface area (Å²) in [6.45, 7) is 2.63. The first-order valence-corrected chi connectivity index (χ1v) is 10.4. The van der Waals surface area contributed by atoms with E-state index in [1.807, 2.05) is 30.1 Å². The number of ether oxygens (including phenoxy) is 1. The lowest BCUT2D eigenvalue weighted by Gasteiger charge is -2.37. The van der Waals surface area contributed by atoms with Crippen LogP contribution in [0.1, 0.15) is 36.2 Å². The van der Waals surface area contributed by atoms with Crippen LogP contribution in [0.15, 0.2) is 24.8 Å². The normalized spacial score (nSPS) is 18.8. The highest BCUT2D eigenvalue weighted by atomic mass is 16.6. The van der Waals surface area contributed by atoms with Crippen molar-refractivity contribution in [2.45, 2.75) is 31.8 Å². The van der Waals surface area contributed by atoms with Gasteiger partial charge >= 0.3 is 6.09 Å². The maximum atomic E-state index is 12.3. The van der Waals surface area contributed by atoms with Crippen molar-refractivity contribution in [3.63, 3.8) is 0 Å². The highest BCUT2D eigenvalue weighted by molar-refractivity contribution is 6.04. The molecule has 3 heterocycles. The molecule has 1 aliphatic heterocycles. The molecule has 0 unspecified atom stereocenters. The van der Waals surface area contributed by atoms with Gasteiger partial charge in [-0.2, -0.15) is 5.26 Å². The third-order valence-electron chi connectivity index (χ3n) is 6.23. The van der Waals surface area contributed by atoms with Gasteiger partial charge in [0.25, 0.3) is 0 Å². The zero-order valence-corrected chi connectivity index (χ0v) is 17.0. The van der Waals surface area contributed by atoms with Crippen molar-refractivity contribution in [2.24, 2.45) is 7.05 Å². The second-order valence-electron chi connectivity index (χ2n) is 8.13. The second kappa shape index (κ2) is 7.48. The molecule has 0 radical (unpaired) electrons. The molecule has 1 saturated carbocycles. The van der Waals surface area contributed by atoms with E-state index < -0.39 is 0 Å². The number of fused-ring (bicyclic) bond motifs is 1. The Morgan fingerprint density at radius 1 is 1.23 bits per heavy atom. The van der Waals surface area contributed by atoms with E-state index in [0.29, 0.717) is 38.2 Å². The van der Waals surface area contributed by atoms with Crippen molar-refractivity contribution in [3.8, 4) is 6.07 Å². The number of pyridine rings is 1. The predicted molar refractivity (Wildman–Crippen MR) is 111 cm³/mol. The largest absolute Gasteiger partial charge is 0.446 e. The molecule has 0 spiro atoms. The Labute approximate surface area is 175 Å². The summed E-state index contributed by atoms with van der Waals surface area (Å²) in [6, 6.07) is 4.37. The fourth-order valence-corrected chi connectivity index (χ4v) is 4.32. The van der Waals surface area contributed by atoms with Gasteiger partial charge in [-0.3, -0.25) is 4.98 Å². The van der Waals surface area contributed by atoms with Gasteiger partial charge in [0.05, 0.1) is 23.3 Å². The van der Waals surface area contributed by atoms with Crippen molar-refractivity contribution >= 4 is 22.9 Å². The van der Waals surface area contributed by atoms with E-state index in [1.165, 1.54) is 0 Å². The number of piperazine rings is 1. The van der Waals surface area contributed by atoms with Gasteiger partial charge in [0.2, 0.25) is 0 Å². The number of imidazole rings is 1. The second-order valence-corrected chi connectivity index (χ2v) is 8.13. The number of hydrogen-bond acceptors (Lipinski definition) is 6. The molecule has 2 aromatic rings. The van der Waals surface area contributed by atoms with Crippen molar-refractivity contribution in [2.75, 3.05) is 31.1 Å². The minimum Gasteiger partial charge on any atom is -0.446 e. The molecule has 154 valence electrons. The van der Waals surface area contributed by atoms with Crippen molar-refractivity contribution in [1.29, 1.82) is 5.26 Å². The van der Waals surface area contributed by atoms with Crippen LogP contribution in [0.3, 0.4) is 0 Å². The molecule has 0 aromatic carbocycles. The zero-order chi connectivity index (χ0) is 20.7. The van der Waals surface area contributed by atoms with Crippen LogP contribution >= 0.6 is 0 Å². The molecular weight excluding hydrogens is 380 g/mol. The third-order valence-corrected chi connectivity index (χ3v) is 6.23. The average molecular weight is 404 g/mol. The standard InChI is InChI=1S/C22H24N6O2/c1-26-13-19(25-14-26)16-11-18-21(17(16)12-23)20(5-6-24-18)27-7-9-28(10-8-27)22(29)30-15-3-2-4-15/h5-6,13-15H,2-4,7-11H2,1H3. The lowest BCUT2D eigenvalue weighted by Crippen LogP contribution is -2.50. The molecule has 0 N–H and O–H groups in total. The molecule has 2 fully saturated rings. The minimum absolute atomic E-state index is 0.104. The van der Waals surface area contributed by atoms with Crippen LogP contribution in [0.5, 0.6) is 0 Å². The summed E-state index contributed by atoms with van der Waals surface area (Å²) in [4.78, 5) is 25.4. The maximum absolute atomic E-state index is 12.3. The molecule has 2 aromatic heterocycles. The molecule has 8 nitrogen and oxygen atoms in total. The van der Waals surface area contributed by atoms with Crippen molar-refractivity contribution < 1.29 is 9.53 Å². The first-order chi connectivity index (χ1) is 14.6. The fourth-order valence-electron chi connectivity index (χ4n) is 4.32. The van der Waals surface area contributed by atoms with E-state index in [2.05, 4.69) is 20.9 Å². The molecule has 1 saturated heterocycles. The predicted octanol–water partition coefficient (Wildman–Crippen LogP) is 2.62. The molecule has 30 heavy (non-hydrogen) atoms. The number of aromatic nitrogens is 3. The Hall–Kier alpha value is -3.34. The van der Waals surface area contributed by atoms with Crippen LogP contribution < -0.4 is 4.90 Å². The summed E-state index contributed by atoms with van der Waals surface area (Å²) >= 11 is 0. The Morgan fingerprint density at radius 3 is 2.67 bits per heavy atom.